The van der Waals surface area contributed by atoms with Gasteiger partial charge in [0, 0.05) is 26.4 Å². The Labute approximate surface area is 127 Å². The van der Waals surface area contributed by atoms with Crippen LogP contribution in [0.4, 0.5) is 4.39 Å². The predicted molar refractivity (Wildman–Crippen MR) is 79.3 cm³/mol. The first kappa shape index (κ1) is 15.9. The van der Waals surface area contributed by atoms with Gasteiger partial charge in [0.15, 0.2) is 14.6 Å². The summed E-state index contributed by atoms with van der Waals surface area (Å²) in [6, 6.07) is 0. The molecule has 2 aliphatic carbocycles. The summed E-state index contributed by atoms with van der Waals surface area (Å²) < 4.78 is 32.5. The summed E-state index contributed by atoms with van der Waals surface area (Å²) in [6.07, 6.45) is -0.337. The Bertz CT molecular complexity index is 465. The molecule has 0 amide bonds. The predicted octanol–water partition coefficient (Wildman–Crippen LogP) is 2.76. The normalized spacial score (nSPS) is 49.1. The van der Waals surface area contributed by atoms with E-state index in [4.69, 9.17) is 13.9 Å². The van der Waals surface area contributed by atoms with Crippen molar-refractivity contribution in [2.24, 2.45) is 0 Å². The summed E-state index contributed by atoms with van der Waals surface area (Å²) in [5.74, 6) is 0. The van der Waals surface area contributed by atoms with E-state index in [-0.39, 0.29) is 11.5 Å². The number of hydrogen-bond donors (Lipinski definition) is 1. The van der Waals surface area contributed by atoms with Crippen LogP contribution >= 0.6 is 0 Å². The van der Waals surface area contributed by atoms with Crippen LogP contribution in [0.5, 0.6) is 0 Å². The Balaban J connectivity index is 1.89. The summed E-state index contributed by atoms with van der Waals surface area (Å²) in [6.45, 7) is 10.6. The number of alkyl halides is 1. The van der Waals surface area contributed by atoms with Gasteiger partial charge in [-0.25, -0.2) is 4.39 Å². The minimum Gasteiger partial charge on any atom is -0.405 e. The van der Waals surface area contributed by atoms with Crippen molar-refractivity contribution in [2.75, 3.05) is 7.11 Å². The zero-order valence-corrected chi connectivity index (χ0v) is 14.8. The van der Waals surface area contributed by atoms with Crippen LogP contribution in [-0.4, -0.2) is 49.8 Å². The average molecular weight is 318 g/mol. The van der Waals surface area contributed by atoms with Gasteiger partial charge in [0.1, 0.15) is 23.0 Å². The van der Waals surface area contributed by atoms with Gasteiger partial charge in [-0.05, 0) is 18.1 Å². The third-order valence-electron chi connectivity index (χ3n) is 5.99. The fraction of sp³-hybridized carbons (Fsp3) is 1.00. The Morgan fingerprint density at radius 1 is 1.29 bits per heavy atom. The quantitative estimate of drug-likeness (QED) is 0.813. The van der Waals surface area contributed by atoms with Crippen LogP contribution in [0.1, 0.15) is 40.0 Å². The van der Waals surface area contributed by atoms with Gasteiger partial charge in [0.05, 0.1) is 0 Å². The van der Waals surface area contributed by atoms with Gasteiger partial charge in [-0.1, -0.05) is 20.8 Å². The fourth-order valence-electron chi connectivity index (χ4n) is 3.76. The first-order chi connectivity index (χ1) is 9.39. The number of fused-ring (bicyclic) bond motifs is 3. The van der Waals surface area contributed by atoms with Crippen molar-refractivity contribution in [1.82, 2.24) is 0 Å². The number of hydrogen-bond acceptors (Lipinski definition) is 4. The van der Waals surface area contributed by atoms with Crippen molar-refractivity contribution in [2.45, 2.75) is 87.4 Å². The number of ether oxygens (including phenoxy) is 2. The summed E-state index contributed by atoms with van der Waals surface area (Å²) >= 11 is 0. The first-order valence-electron chi connectivity index (χ1n) is 7.69. The highest BCUT2D eigenvalue weighted by Crippen LogP contribution is 2.71. The molecule has 0 aromatic carbocycles. The van der Waals surface area contributed by atoms with E-state index in [0.717, 1.165) is 0 Å². The molecule has 0 unspecified atom stereocenters. The Kier molecular flexibility index (Phi) is 3.09. The van der Waals surface area contributed by atoms with Crippen LogP contribution in [0.25, 0.3) is 0 Å². The lowest BCUT2D eigenvalue weighted by molar-refractivity contribution is -0.153. The summed E-state index contributed by atoms with van der Waals surface area (Å²) in [7, 11) is -0.597. The van der Waals surface area contributed by atoms with Crippen molar-refractivity contribution >= 4 is 8.32 Å². The van der Waals surface area contributed by atoms with Crippen molar-refractivity contribution in [3.8, 4) is 0 Å². The molecule has 0 bridgehead atoms. The molecule has 3 aliphatic rings. The monoisotopic (exact) mass is 318 g/mol. The molecule has 3 rings (SSSR count). The molecule has 1 N–H and O–H groups in total. The van der Waals surface area contributed by atoms with E-state index in [1.54, 1.807) is 7.11 Å². The van der Waals surface area contributed by atoms with E-state index in [2.05, 4.69) is 33.9 Å². The lowest BCUT2D eigenvalue weighted by atomic mass is 9.93. The van der Waals surface area contributed by atoms with Crippen LogP contribution in [-0.2, 0) is 13.9 Å². The highest BCUT2D eigenvalue weighted by Gasteiger charge is 2.87. The Morgan fingerprint density at radius 3 is 2.43 bits per heavy atom. The van der Waals surface area contributed by atoms with Crippen LogP contribution < -0.4 is 0 Å². The maximum Gasteiger partial charge on any atom is 0.193 e. The zero-order chi connectivity index (χ0) is 15.9. The molecule has 21 heavy (non-hydrogen) atoms. The molecule has 1 heterocycles. The molecule has 0 aromatic heterocycles. The molecule has 0 aromatic rings. The van der Waals surface area contributed by atoms with E-state index in [1.807, 2.05) is 0 Å². The molecule has 2 saturated carbocycles. The number of rotatable bonds is 3. The smallest absolute Gasteiger partial charge is 0.193 e. The number of halogens is 1. The summed E-state index contributed by atoms with van der Waals surface area (Å²) in [5, 5.41) is 10.7. The molecular formula is C15H27FO4Si. The van der Waals surface area contributed by atoms with E-state index in [9.17, 15) is 5.11 Å². The van der Waals surface area contributed by atoms with Crippen LogP contribution in [0, 0.1) is 0 Å². The number of methoxy groups -OCH3 is 1. The molecular weight excluding hydrogens is 291 g/mol. The van der Waals surface area contributed by atoms with Crippen LogP contribution in [0.15, 0.2) is 0 Å². The zero-order valence-electron chi connectivity index (χ0n) is 13.8. The van der Waals surface area contributed by atoms with Gasteiger partial charge in [-0.15, -0.1) is 0 Å². The van der Waals surface area contributed by atoms with Gasteiger partial charge in [-0.2, -0.15) is 0 Å². The summed E-state index contributed by atoms with van der Waals surface area (Å²) in [5.41, 5.74) is -3.57. The molecule has 0 radical (unpaired) electrons. The van der Waals surface area contributed by atoms with E-state index in [0.29, 0.717) is 12.8 Å². The van der Waals surface area contributed by atoms with Crippen LogP contribution in [0.3, 0.4) is 0 Å². The van der Waals surface area contributed by atoms with Crippen molar-refractivity contribution in [1.29, 1.82) is 0 Å². The third kappa shape index (κ3) is 1.99. The molecule has 4 nitrogen and oxygen atoms in total. The fourth-order valence-corrected chi connectivity index (χ4v) is 5.34. The van der Waals surface area contributed by atoms with Crippen molar-refractivity contribution in [3.63, 3.8) is 0 Å². The lowest BCUT2D eigenvalue weighted by Gasteiger charge is -2.41. The molecule has 3 fully saturated rings. The minimum absolute atomic E-state index is 0.00871. The summed E-state index contributed by atoms with van der Waals surface area (Å²) in [4.78, 5) is 0. The second kappa shape index (κ2) is 4.09. The SMILES string of the molecule is CO[C@@H]1C[C@@]2(O)C[C@]3(F)C[C@]3(O[Si](C)(C)C(C)(C)C)[C@H]2O1. The topological polar surface area (TPSA) is 47.9 Å². The Morgan fingerprint density at radius 2 is 1.90 bits per heavy atom. The Hall–Kier alpha value is -0.0131. The van der Waals surface area contributed by atoms with E-state index < -0.39 is 37.6 Å². The lowest BCUT2D eigenvalue weighted by Crippen LogP contribution is -2.52. The first-order valence-corrected chi connectivity index (χ1v) is 10.6. The van der Waals surface area contributed by atoms with Gasteiger partial charge in [0.2, 0.25) is 0 Å². The van der Waals surface area contributed by atoms with Gasteiger partial charge >= 0.3 is 0 Å². The average Bonchev–Trinajstić information content (AvgIpc) is 2.61. The van der Waals surface area contributed by atoms with E-state index in [1.165, 1.54) is 0 Å². The molecule has 1 saturated heterocycles. The third-order valence-corrected chi connectivity index (χ3v) is 10.5. The molecule has 5 atom stereocenters. The minimum atomic E-state index is -2.14. The number of aliphatic hydroxyl groups is 1. The van der Waals surface area contributed by atoms with Crippen LogP contribution in [0.2, 0.25) is 18.1 Å². The molecule has 6 heteroatoms. The van der Waals surface area contributed by atoms with Gasteiger partial charge in [-0.3, -0.25) is 0 Å². The van der Waals surface area contributed by atoms with Crippen molar-refractivity contribution in [3.05, 3.63) is 0 Å². The van der Waals surface area contributed by atoms with Gasteiger partial charge < -0.3 is 19.0 Å². The van der Waals surface area contributed by atoms with Crippen molar-refractivity contribution < 1.29 is 23.4 Å². The molecule has 122 valence electrons. The highest BCUT2D eigenvalue weighted by atomic mass is 28.4. The standard InChI is InChI=1S/C15H27FO4Si/c1-12(2,3)21(5,6)20-15-9-14(15,16)8-13(17)7-10(18-4)19-11(13)15/h10-11,17H,7-9H2,1-6H3/t10-,11-,13+,14-,15-/m0/s1. The largest absolute Gasteiger partial charge is 0.405 e. The maximum atomic E-state index is 15.1. The molecule has 1 aliphatic heterocycles. The second-order valence-electron chi connectivity index (χ2n) is 8.56. The molecule has 0 spiro atoms. The van der Waals surface area contributed by atoms with E-state index >= 15 is 4.39 Å². The van der Waals surface area contributed by atoms with Gasteiger partial charge in [0.25, 0.3) is 0 Å². The maximum absolute atomic E-state index is 15.1. The highest BCUT2D eigenvalue weighted by molar-refractivity contribution is 6.74. The second-order valence-corrected chi connectivity index (χ2v) is 13.3.